The first-order valence-electron chi connectivity index (χ1n) is 10.0. The number of aliphatic carboxylic acids is 1. The summed E-state index contributed by atoms with van der Waals surface area (Å²) in [6.45, 7) is 3.99. The number of rotatable bonds is 4. The summed E-state index contributed by atoms with van der Waals surface area (Å²) >= 11 is 0. The van der Waals surface area contributed by atoms with Crippen LogP contribution in [0.1, 0.15) is 32.3 Å². The molecular weight excluding hydrogens is 364 g/mol. The number of carbonyl (C=O) groups is 2. The molecule has 2 atom stereocenters. The van der Waals surface area contributed by atoms with Gasteiger partial charge < -0.3 is 9.84 Å². The summed E-state index contributed by atoms with van der Waals surface area (Å²) < 4.78 is 5.96. The lowest BCUT2D eigenvalue weighted by Gasteiger charge is -2.26. The van der Waals surface area contributed by atoms with Crippen LogP contribution in [0.4, 0.5) is 0 Å². The van der Waals surface area contributed by atoms with Crippen molar-refractivity contribution in [3.05, 3.63) is 65.7 Å². The van der Waals surface area contributed by atoms with E-state index in [9.17, 15) is 14.7 Å². The highest BCUT2D eigenvalue weighted by molar-refractivity contribution is 6.07. The number of carboxylic acid groups (broad SMARTS) is 1. The monoisotopic (exact) mass is 388 g/mol. The highest BCUT2D eigenvalue weighted by atomic mass is 16.5. The Kier molecular flexibility index (Phi) is 5.10. The third-order valence-electron chi connectivity index (χ3n) is 5.86. The fraction of sp³-hybridized carbons (Fsp3) is 0.280. The van der Waals surface area contributed by atoms with Crippen molar-refractivity contribution in [2.45, 2.75) is 33.1 Å². The lowest BCUT2D eigenvalue weighted by atomic mass is 9.80. The molecule has 0 heterocycles. The zero-order valence-electron chi connectivity index (χ0n) is 16.6. The molecule has 4 heteroatoms. The Labute approximate surface area is 169 Å². The van der Waals surface area contributed by atoms with Crippen molar-refractivity contribution < 1.29 is 19.4 Å². The summed E-state index contributed by atoms with van der Waals surface area (Å²) in [5.74, 6) is -2.33. The molecule has 29 heavy (non-hydrogen) atoms. The maximum absolute atomic E-state index is 13.1. The van der Waals surface area contributed by atoms with Gasteiger partial charge in [0.2, 0.25) is 0 Å². The standard InChI is InChI=1S/C25H24O4/c1-3-16-9-10-18-14-17-6-4-5-7-19(17)23(21(18)13-16)29-25(28)20-11-8-15(2)12-22(20)24(26)27/h4-10,13-14,20,22H,3,11-12H2,1-2H3,(H,26,27). The van der Waals surface area contributed by atoms with Gasteiger partial charge in [-0.1, -0.05) is 55.0 Å². The Hall–Kier alpha value is -3.14. The van der Waals surface area contributed by atoms with Gasteiger partial charge in [-0.3, -0.25) is 9.59 Å². The number of ether oxygens (including phenoxy) is 1. The van der Waals surface area contributed by atoms with E-state index in [1.165, 1.54) is 0 Å². The number of carbonyl (C=O) groups excluding carboxylic acids is 1. The van der Waals surface area contributed by atoms with Gasteiger partial charge in [0, 0.05) is 10.8 Å². The Morgan fingerprint density at radius 2 is 1.79 bits per heavy atom. The normalized spacial score (nSPS) is 19.2. The number of benzene rings is 3. The molecule has 0 bridgehead atoms. The van der Waals surface area contributed by atoms with Crippen molar-refractivity contribution in [1.82, 2.24) is 0 Å². The molecule has 0 radical (unpaired) electrons. The second-order valence-electron chi connectivity index (χ2n) is 7.80. The van der Waals surface area contributed by atoms with Crippen LogP contribution in [-0.2, 0) is 16.0 Å². The molecule has 148 valence electrons. The molecule has 0 amide bonds. The van der Waals surface area contributed by atoms with E-state index in [1.807, 2.05) is 43.3 Å². The van der Waals surface area contributed by atoms with E-state index in [2.05, 4.69) is 25.1 Å². The molecule has 4 rings (SSSR count). The average molecular weight is 388 g/mol. The molecule has 3 aromatic rings. The fourth-order valence-electron chi connectivity index (χ4n) is 4.16. The lowest BCUT2D eigenvalue weighted by molar-refractivity contribution is -0.152. The molecule has 0 saturated carbocycles. The molecule has 0 spiro atoms. The van der Waals surface area contributed by atoms with Gasteiger partial charge in [0.25, 0.3) is 0 Å². The minimum absolute atomic E-state index is 0.380. The van der Waals surface area contributed by atoms with Gasteiger partial charge in [-0.15, -0.1) is 0 Å². The Bertz CT molecular complexity index is 1140. The van der Waals surface area contributed by atoms with E-state index < -0.39 is 23.8 Å². The number of hydrogen-bond acceptors (Lipinski definition) is 3. The van der Waals surface area contributed by atoms with Crippen LogP contribution in [0.3, 0.4) is 0 Å². The summed E-state index contributed by atoms with van der Waals surface area (Å²) in [6, 6.07) is 16.1. The van der Waals surface area contributed by atoms with Crippen molar-refractivity contribution in [2.24, 2.45) is 11.8 Å². The van der Waals surface area contributed by atoms with Crippen LogP contribution in [0.5, 0.6) is 5.75 Å². The highest BCUT2D eigenvalue weighted by Crippen LogP contribution is 2.38. The second kappa shape index (κ2) is 7.70. The fourth-order valence-corrected chi connectivity index (χ4v) is 4.16. The highest BCUT2D eigenvalue weighted by Gasteiger charge is 2.37. The molecule has 1 N–H and O–H groups in total. The second-order valence-corrected chi connectivity index (χ2v) is 7.80. The molecule has 1 aliphatic carbocycles. The van der Waals surface area contributed by atoms with Crippen LogP contribution in [0.2, 0.25) is 0 Å². The molecule has 1 aliphatic rings. The summed E-state index contributed by atoms with van der Waals surface area (Å²) in [4.78, 5) is 24.9. The topological polar surface area (TPSA) is 63.6 Å². The van der Waals surface area contributed by atoms with Gasteiger partial charge in [0.1, 0.15) is 5.75 Å². The van der Waals surface area contributed by atoms with E-state index in [0.29, 0.717) is 18.6 Å². The largest absolute Gasteiger partial charge is 0.481 e. The van der Waals surface area contributed by atoms with Gasteiger partial charge in [-0.05, 0) is 54.7 Å². The Morgan fingerprint density at radius 3 is 2.55 bits per heavy atom. The SMILES string of the molecule is CCc1ccc2cc3ccccc3c(OC(=O)C3CC=C(C)CC3C(=O)O)c2c1. The zero-order chi connectivity index (χ0) is 20.5. The summed E-state index contributed by atoms with van der Waals surface area (Å²) in [5, 5.41) is 13.3. The predicted octanol–water partition coefficient (Wildman–Crippen LogP) is 5.52. The van der Waals surface area contributed by atoms with Gasteiger partial charge in [-0.25, -0.2) is 0 Å². The van der Waals surface area contributed by atoms with Gasteiger partial charge in [0.15, 0.2) is 0 Å². The zero-order valence-corrected chi connectivity index (χ0v) is 16.6. The molecule has 3 aromatic carbocycles. The van der Waals surface area contributed by atoms with E-state index in [1.54, 1.807) is 0 Å². The predicted molar refractivity (Wildman–Crippen MR) is 114 cm³/mol. The molecule has 0 aromatic heterocycles. The number of carboxylic acids is 1. The van der Waals surface area contributed by atoms with Crippen LogP contribution in [-0.4, -0.2) is 17.0 Å². The minimum Gasteiger partial charge on any atom is -0.481 e. The molecule has 0 saturated heterocycles. The van der Waals surface area contributed by atoms with E-state index in [4.69, 9.17) is 4.74 Å². The first-order valence-corrected chi connectivity index (χ1v) is 10.0. The van der Waals surface area contributed by atoms with E-state index in [-0.39, 0.29) is 0 Å². The number of hydrogen-bond donors (Lipinski definition) is 1. The number of aryl methyl sites for hydroxylation is 1. The Morgan fingerprint density at radius 1 is 1.03 bits per heavy atom. The van der Waals surface area contributed by atoms with Gasteiger partial charge in [0.05, 0.1) is 11.8 Å². The molecule has 4 nitrogen and oxygen atoms in total. The van der Waals surface area contributed by atoms with Crippen LogP contribution in [0.25, 0.3) is 21.5 Å². The minimum atomic E-state index is -0.949. The summed E-state index contributed by atoms with van der Waals surface area (Å²) in [5.41, 5.74) is 2.16. The number of fused-ring (bicyclic) bond motifs is 2. The molecule has 0 fully saturated rings. The van der Waals surface area contributed by atoms with Crippen LogP contribution in [0, 0.1) is 11.8 Å². The smallest absolute Gasteiger partial charge is 0.315 e. The van der Waals surface area contributed by atoms with Gasteiger partial charge >= 0.3 is 11.9 Å². The molecule has 0 aliphatic heterocycles. The maximum Gasteiger partial charge on any atom is 0.315 e. The Balaban J connectivity index is 1.81. The first-order chi connectivity index (χ1) is 14.0. The van der Waals surface area contributed by atoms with E-state index >= 15 is 0 Å². The molecule has 2 unspecified atom stereocenters. The van der Waals surface area contributed by atoms with Crippen LogP contribution < -0.4 is 4.74 Å². The van der Waals surface area contributed by atoms with Crippen molar-refractivity contribution in [1.29, 1.82) is 0 Å². The van der Waals surface area contributed by atoms with Gasteiger partial charge in [-0.2, -0.15) is 0 Å². The third-order valence-corrected chi connectivity index (χ3v) is 5.86. The van der Waals surface area contributed by atoms with E-state index in [0.717, 1.165) is 39.1 Å². The van der Waals surface area contributed by atoms with Crippen LogP contribution in [0.15, 0.2) is 60.2 Å². The first kappa shape index (κ1) is 19.2. The van der Waals surface area contributed by atoms with Crippen molar-refractivity contribution in [3.63, 3.8) is 0 Å². The van der Waals surface area contributed by atoms with Crippen molar-refractivity contribution >= 4 is 33.5 Å². The lowest BCUT2D eigenvalue weighted by Crippen LogP contribution is -2.34. The van der Waals surface area contributed by atoms with Crippen molar-refractivity contribution in [3.8, 4) is 5.75 Å². The van der Waals surface area contributed by atoms with Crippen molar-refractivity contribution in [2.75, 3.05) is 0 Å². The quantitative estimate of drug-likeness (QED) is 0.277. The average Bonchev–Trinajstić information content (AvgIpc) is 2.73. The number of allylic oxidation sites excluding steroid dienone is 2. The molecular formula is C25H24O4. The summed E-state index contributed by atoms with van der Waals surface area (Å²) in [6.07, 6.45) is 3.60. The third kappa shape index (κ3) is 3.63. The number of esters is 1. The van der Waals surface area contributed by atoms with Crippen LogP contribution >= 0.6 is 0 Å². The maximum atomic E-state index is 13.1. The summed E-state index contributed by atoms with van der Waals surface area (Å²) in [7, 11) is 0.